The molecule has 7 N–H and O–H groups in total. The summed E-state index contributed by atoms with van der Waals surface area (Å²) < 4.78 is 11.2. The molecule has 4 rings (SSSR count). The van der Waals surface area contributed by atoms with Crippen molar-refractivity contribution in [1.29, 1.82) is 0 Å². The fourth-order valence-corrected chi connectivity index (χ4v) is 3.65. The van der Waals surface area contributed by atoms with Gasteiger partial charge < -0.3 is 44.9 Å². The van der Waals surface area contributed by atoms with Gasteiger partial charge in [-0.15, -0.1) is 0 Å². The third kappa shape index (κ3) is 3.60. The molecule has 5 atom stereocenters. The summed E-state index contributed by atoms with van der Waals surface area (Å²) in [6.45, 7) is -0.620. The average molecular weight is 432 g/mol. The lowest BCUT2D eigenvalue weighted by molar-refractivity contribution is -0.231. The summed E-state index contributed by atoms with van der Waals surface area (Å²) >= 11 is 0. The molecule has 10 heteroatoms. The van der Waals surface area contributed by atoms with Gasteiger partial charge in [0.25, 0.3) is 0 Å². The summed E-state index contributed by atoms with van der Waals surface area (Å²) in [5, 5.41) is 69.1. The van der Waals surface area contributed by atoms with Gasteiger partial charge in [0.05, 0.1) is 6.61 Å². The highest BCUT2D eigenvalue weighted by molar-refractivity contribution is 5.85. The quantitative estimate of drug-likeness (QED) is 0.280. The Morgan fingerprint density at radius 1 is 0.839 bits per heavy atom. The molecule has 1 aliphatic rings. The van der Waals surface area contributed by atoms with E-state index in [0.717, 1.165) is 12.1 Å². The van der Waals surface area contributed by atoms with Gasteiger partial charge in [0.15, 0.2) is 16.9 Å². The van der Waals surface area contributed by atoms with Crippen LogP contribution in [-0.2, 0) is 4.74 Å². The molecule has 0 aliphatic carbocycles. The molecule has 31 heavy (non-hydrogen) atoms. The van der Waals surface area contributed by atoms with Crippen LogP contribution in [0.4, 0.5) is 0 Å². The van der Waals surface area contributed by atoms with Crippen molar-refractivity contribution < 1.29 is 44.9 Å². The molecule has 10 nitrogen and oxygen atoms in total. The minimum atomic E-state index is -1.62. The van der Waals surface area contributed by atoms with Crippen LogP contribution in [0.1, 0.15) is 11.7 Å². The third-order valence-corrected chi connectivity index (χ3v) is 5.31. The highest BCUT2D eigenvalue weighted by Gasteiger charge is 2.44. The number of hydrogen-bond acceptors (Lipinski definition) is 10. The SMILES string of the molecule is O=c1cc(-c2ccc(O)c(O)c2)oc2cc([C@@H]3OC(CO)[C@@H](O)C(O)[C@@H]3O)cc(O)c12. The summed E-state index contributed by atoms with van der Waals surface area (Å²) in [6.07, 6.45) is -7.14. The second kappa shape index (κ2) is 7.84. The molecule has 0 radical (unpaired) electrons. The Morgan fingerprint density at radius 2 is 1.58 bits per heavy atom. The van der Waals surface area contributed by atoms with E-state index in [1.807, 2.05) is 0 Å². The van der Waals surface area contributed by atoms with Gasteiger partial charge in [-0.3, -0.25) is 4.79 Å². The Morgan fingerprint density at radius 3 is 2.26 bits per heavy atom. The van der Waals surface area contributed by atoms with Crippen LogP contribution in [0.2, 0.25) is 0 Å². The van der Waals surface area contributed by atoms with E-state index in [9.17, 15) is 40.5 Å². The number of ether oxygens (including phenoxy) is 1. The second-order valence-electron chi connectivity index (χ2n) is 7.34. The fraction of sp³-hybridized carbons (Fsp3) is 0.286. The van der Waals surface area contributed by atoms with Crippen molar-refractivity contribution in [2.24, 2.45) is 0 Å². The van der Waals surface area contributed by atoms with Crippen LogP contribution in [0.15, 0.2) is 45.6 Å². The maximum Gasteiger partial charge on any atom is 0.197 e. The van der Waals surface area contributed by atoms with Crippen LogP contribution in [0.3, 0.4) is 0 Å². The highest BCUT2D eigenvalue weighted by atomic mass is 16.5. The molecule has 164 valence electrons. The minimum absolute atomic E-state index is 0.0400. The van der Waals surface area contributed by atoms with Gasteiger partial charge in [0, 0.05) is 11.6 Å². The Hall–Kier alpha value is -3.15. The average Bonchev–Trinajstić information content (AvgIpc) is 2.73. The molecule has 0 amide bonds. The predicted molar refractivity (Wildman–Crippen MR) is 106 cm³/mol. The van der Waals surface area contributed by atoms with E-state index in [-0.39, 0.29) is 33.6 Å². The molecular formula is C21H20O10. The lowest BCUT2D eigenvalue weighted by Gasteiger charge is -2.40. The molecular weight excluding hydrogens is 412 g/mol. The van der Waals surface area contributed by atoms with Crippen molar-refractivity contribution >= 4 is 11.0 Å². The lowest BCUT2D eigenvalue weighted by atomic mass is 9.90. The highest BCUT2D eigenvalue weighted by Crippen LogP contribution is 2.37. The van der Waals surface area contributed by atoms with Crippen LogP contribution in [-0.4, -0.2) is 66.8 Å². The summed E-state index contributed by atoms with van der Waals surface area (Å²) in [5.74, 6) is -1.19. The van der Waals surface area contributed by atoms with Gasteiger partial charge in [0.1, 0.15) is 53.0 Å². The smallest absolute Gasteiger partial charge is 0.197 e. The predicted octanol–water partition coefficient (Wildman–Crippen LogP) is 0.0917. The maximum atomic E-state index is 12.6. The zero-order valence-electron chi connectivity index (χ0n) is 15.9. The van der Waals surface area contributed by atoms with Crippen LogP contribution in [0, 0.1) is 0 Å². The fourth-order valence-electron chi connectivity index (χ4n) is 3.65. The number of phenolic OH excluding ortho intramolecular Hbond substituents is 3. The van der Waals surface area contributed by atoms with E-state index in [1.54, 1.807) is 0 Å². The van der Waals surface area contributed by atoms with Crippen LogP contribution in [0.25, 0.3) is 22.3 Å². The molecule has 2 aromatic carbocycles. The second-order valence-corrected chi connectivity index (χ2v) is 7.34. The number of fused-ring (bicyclic) bond motifs is 1. The number of hydrogen-bond donors (Lipinski definition) is 7. The van der Waals surface area contributed by atoms with E-state index in [1.165, 1.54) is 24.3 Å². The van der Waals surface area contributed by atoms with Crippen LogP contribution in [0.5, 0.6) is 17.2 Å². The zero-order valence-corrected chi connectivity index (χ0v) is 15.9. The topological polar surface area (TPSA) is 181 Å². The Bertz CT molecular complexity index is 1180. The summed E-state index contributed by atoms with van der Waals surface area (Å²) in [4.78, 5) is 12.6. The standard InChI is InChI=1S/C21H20O10/c22-7-16-18(27)19(28)20(29)21(31-16)9-4-12(25)17-13(26)6-14(30-15(17)5-9)8-1-2-10(23)11(24)3-8/h1-6,16,18-25,27-29H,7H2/t16?,18-,19?,20+,21+/m1/s1. The molecule has 2 unspecified atom stereocenters. The first-order chi connectivity index (χ1) is 14.7. The van der Waals surface area contributed by atoms with Gasteiger partial charge in [-0.25, -0.2) is 0 Å². The number of aliphatic hydroxyl groups is 4. The van der Waals surface area contributed by atoms with Gasteiger partial charge in [-0.2, -0.15) is 0 Å². The largest absolute Gasteiger partial charge is 0.507 e. The van der Waals surface area contributed by atoms with E-state index in [4.69, 9.17) is 9.15 Å². The van der Waals surface area contributed by atoms with Gasteiger partial charge in [-0.1, -0.05) is 0 Å². The maximum absolute atomic E-state index is 12.6. The molecule has 1 aromatic heterocycles. The first-order valence-electron chi connectivity index (χ1n) is 9.35. The third-order valence-electron chi connectivity index (χ3n) is 5.31. The van der Waals surface area contributed by atoms with Crippen molar-refractivity contribution in [2.45, 2.75) is 30.5 Å². The Labute approximate surface area is 174 Å². The Balaban J connectivity index is 1.83. The first-order valence-corrected chi connectivity index (χ1v) is 9.35. The van der Waals surface area contributed by atoms with Gasteiger partial charge >= 0.3 is 0 Å². The molecule has 3 aromatic rings. The lowest BCUT2D eigenvalue weighted by Crippen LogP contribution is -2.55. The van der Waals surface area contributed by atoms with Crippen molar-refractivity contribution in [1.82, 2.24) is 0 Å². The molecule has 0 bridgehead atoms. The number of phenols is 3. The summed E-state index contributed by atoms with van der Waals surface area (Å²) in [7, 11) is 0. The van der Waals surface area contributed by atoms with E-state index in [0.29, 0.717) is 0 Å². The molecule has 2 heterocycles. The van der Waals surface area contributed by atoms with Gasteiger partial charge in [-0.05, 0) is 35.9 Å². The zero-order chi connectivity index (χ0) is 22.4. The van der Waals surface area contributed by atoms with Crippen LogP contribution < -0.4 is 5.43 Å². The molecule has 0 saturated carbocycles. The van der Waals surface area contributed by atoms with Crippen molar-refractivity contribution in [3.63, 3.8) is 0 Å². The van der Waals surface area contributed by atoms with Crippen molar-refractivity contribution in [3.8, 4) is 28.6 Å². The van der Waals surface area contributed by atoms with E-state index in [2.05, 4.69) is 0 Å². The molecule has 0 spiro atoms. The molecule has 1 fully saturated rings. The summed E-state index contributed by atoms with van der Waals surface area (Å²) in [6, 6.07) is 7.43. The monoisotopic (exact) mass is 432 g/mol. The number of benzene rings is 2. The van der Waals surface area contributed by atoms with Crippen molar-refractivity contribution in [2.75, 3.05) is 6.61 Å². The minimum Gasteiger partial charge on any atom is -0.507 e. The first kappa shape index (κ1) is 21.1. The number of aromatic hydroxyl groups is 3. The number of rotatable bonds is 3. The Kier molecular flexibility index (Phi) is 5.33. The van der Waals surface area contributed by atoms with Crippen LogP contribution >= 0.6 is 0 Å². The van der Waals surface area contributed by atoms with Gasteiger partial charge in [0.2, 0.25) is 0 Å². The molecule has 1 aliphatic heterocycles. The normalized spacial score (nSPS) is 26.3. The number of aliphatic hydroxyl groups excluding tert-OH is 4. The van der Waals surface area contributed by atoms with E-state index >= 15 is 0 Å². The van der Waals surface area contributed by atoms with Crippen molar-refractivity contribution in [3.05, 3.63) is 52.2 Å². The molecule has 1 saturated heterocycles. The summed E-state index contributed by atoms with van der Waals surface area (Å²) in [5.41, 5.74) is -0.230. The van der Waals surface area contributed by atoms with E-state index < -0.39 is 54.1 Å².